The first-order valence-electron chi connectivity index (χ1n) is 5.28. The van der Waals surface area contributed by atoms with E-state index in [0.29, 0.717) is 17.0 Å². The maximum Gasteiger partial charge on any atom is 0.222 e. The molecule has 0 amide bonds. The third-order valence-corrected chi connectivity index (χ3v) is 2.61. The van der Waals surface area contributed by atoms with Gasteiger partial charge in [-0.25, -0.2) is 0 Å². The molecule has 0 atom stereocenters. The molecule has 0 saturated carbocycles. The van der Waals surface area contributed by atoms with E-state index in [-0.39, 0.29) is 11.6 Å². The van der Waals surface area contributed by atoms with Gasteiger partial charge in [0.25, 0.3) is 0 Å². The number of ether oxygens (including phenoxy) is 1. The van der Waals surface area contributed by atoms with E-state index in [1.54, 1.807) is 12.1 Å². The van der Waals surface area contributed by atoms with Gasteiger partial charge in [-0.15, -0.1) is 0 Å². The van der Waals surface area contributed by atoms with Crippen molar-refractivity contribution in [3.8, 4) is 22.8 Å². The fraction of sp³-hybridized carbons (Fsp3) is 0.250. The number of hydrogen-bond acceptors (Lipinski definition) is 5. The largest absolute Gasteiger partial charge is 0.504 e. The smallest absolute Gasteiger partial charge is 0.222 e. The number of hydrogen-bond donors (Lipinski definition) is 2. The second kappa shape index (κ2) is 4.37. The van der Waals surface area contributed by atoms with E-state index < -0.39 is 0 Å². The minimum absolute atomic E-state index is 0.0557. The van der Waals surface area contributed by atoms with Crippen LogP contribution in [0.2, 0.25) is 0 Å². The normalized spacial score (nSPS) is 10.5. The number of nitrogen functional groups attached to an aromatic ring is 1. The number of benzene rings is 1. The number of anilines is 1. The molecule has 2 rings (SSSR count). The summed E-state index contributed by atoms with van der Waals surface area (Å²) in [5.41, 5.74) is 7.56. The first-order chi connectivity index (χ1) is 8.17. The minimum atomic E-state index is 0.0557. The Morgan fingerprint density at radius 1 is 1.47 bits per heavy atom. The van der Waals surface area contributed by atoms with E-state index in [1.165, 1.54) is 7.11 Å². The summed E-state index contributed by atoms with van der Waals surface area (Å²) >= 11 is 0. The molecule has 0 aliphatic rings. The summed E-state index contributed by atoms with van der Waals surface area (Å²) in [7, 11) is 1.50. The predicted octanol–water partition coefficient (Wildman–Crippen LogP) is 2.20. The quantitative estimate of drug-likeness (QED) is 0.850. The van der Waals surface area contributed by atoms with Gasteiger partial charge in [0.15, 0.2) is 11.5 Å². The highest BCUT2D eigenvalue weighted by molar-refractivity contribution is 5.75. The van der Waals surface area contributed by atoms with E-state index in [1.807, 2.05) is 13.0 Å². The van der Waals surface area contributed by atoms with Gasteiger partial charge in [-0.2, -0.15) is 0 Å². The van der Waals surface area contributed by atoms with Crippen molar-refractivity contribution >= 4 is 5.88 Å². The molecule has 0 saturated heterocycles. The van der Waals surface area contributed by atoms with Crippen LogP contribution in [0.1, 0.15) is 12.5 Å². The third-order valence-electron chi connectivity index (χ3n) is 2.61. The summed E-state index contributed by atoms with van der Waals surface area (Å²) in [6, 6.07) is 5.19. The molecule has 5 nitrogen and oxygen atoms in total. The molecule has 0 unspecified atom stereocenters. The molecule has 1 aromatic heterocycles. The zero-order valence-electron chi connectivity index (χ0n) is 9.73. The minimum Gasteiger partial charge on any atom is -0.504 e. The maximum absolute atomic E-state index is 10.1. The van der Waals surface area contributed by atoms with Crippen molar-refractivity contribution in [3.63, 3.8) is 0 Å². The van der Waals surface area contributed by atoms with Gasteiger partial charge >= 0.3 is 0 Å². The zero-order valence-corrected chi connectivity index (χ0v) is 9.73. The highest BCUT2D eigenvalue weighted by Crippen LogP contribution is 2.39. The van der Waals surface area contributed by atoms with Crippen LogP contribution in [-0.4, -0.2) is 17.4 Å². The second-order valence-electron chi connectivity index (χ2n) is 3.62. The molecule has 2 aromatic rings. The Balaban J connectivity index is 2.64. The molecule has 0 bridgehead atoms. The average molecular weight is 234 g/mol. The summed E-state index contributed by atoms with van der Waals surface area (Å²) < 4.78 is 9.90. The van der Waals surface area contributed by atoms with Gasteiger partial charge in [-0.3, -0.25) is 0 Å². The Morgan fingerprint density at radius 3 is 2.76 bits per heavy atom. The molecule has 0 spiro atoms. The van der Waals surface area contributed by atoms with Crippen LogP contribution < -0.4 is 10.5 Å². The lowest BCUT2D eigenvalue weighted by Crippen LogP contribution is -1.92. The second-order valence-corrected chi connectivity index (χ2v) is 3.62. The van der Waals surface area contributed by atoms with Crippen LogP contribution in [0.15, 0.2) is 22.7 Å². The predicted molar refractivity (Wildman–Crippen MR) is 63.9 cm³/mol. The topological polar surface area (TPSA) is 81.5 Å². The molecular formula is C12H14N2O3. The molecule has 1 heterocycles. The number of rotatable bonds is 3. The van der Waals surface area contributed by atoms with Crippen molar-refractivity contribution in [2.75, 3.05) is 12.8 Å². The van der Waals surface area contributed by atoms with E-state index in [0.717, 1.165) is 12.0 Å². The van der Waals surface area contributed by atoms with Gasteiger partial charge in [-0.1, -0.05) is 18.1 Å². The average Bonchev–Trinajstić information content (AvgIpc) is 2.75. The van der Waals surface area contributed by atoms with Crippen LogP contribution in [0.3, 0.4) is 0 Å². The Kier molecular flexibility index (Phi) is 2.91. The molecule has 3 N–H and O–H groups in total. The van der Waals surface area contributed by atoms with Gasteiger partial charge in [0.05, 0.1) is 12.7 Å². The molecule has 90 valence electrons. The highest BCUT2D eigenvalue weighted by Gasteiger charge is 2.17. The first kappa shape index (κ1) is 11.3. The monoisotopic (exact) mass is 234 g/mol. The molecule has 0 fully saturated rings. The van der Waals surface area contributed by atoms with Crippen LogP contribution >= 0.6 is 0 Å². The Labute approximate surface area is 98.8 Å². The summed E-state index contributed by atoms with van der Waals surface area (Å²) in [5.74, 6) is 0.670. The fourth-order valence-corrected chi connectivity index (χ4v) is 1.77. The van der Waals surface area contributed by atoms with Crippen LogP contribution in [0.25, 0.3) is 11.3 Å². The van der Waals surface area contributed by atoms with Crippen molar-refractivity contribution < 1.29 is 14.4 Å². The highest BCUT2D eigenvalue weighted by atomic mass is 16.5. The molecule has 17 heavy (non-hydrogen) atoms. The van der Waals surface area contributed by atoms with Gasteiger partial charge in [0.2, 0.25) is 5.88 Å². The van der Waals surface area contributed by atoms with Gasteiger partial charge < -0.3 is 20.1 Å². The summed E-state index contributed by atoms with van der Waals surface area (Å²) in [6.07, 6.45) is 0.764. The first-order valence-corrected chi connectivity index (χ1v) is 5.28. The van der Waals surface area contributed by atoms with E-state index in [9.17, 15) is 5.11 Å². The van der Waals surface area contributed by atoms with Crippen molar-refractivity contribution in [2.45, 2.75) is 13.3 Å². The van der Waals surface area contributed by atoms with Crippen molar-refractivity contribution in [1.29, 1.82) is 0 Å². The molecule has 0 aliphatic heterocycles. The number of aromatic nitrogens is 1. The molecular weight excluding hydrogens is 220 g/mol. The van der Waals surface area contributed by atoms with Gasteiger partial charge in [0, 0.05) is 6.07 Å². The fourth-order valence-electron chi connectivity index (χ4n) is 1.77. The van der Waals surface area contributed by atoms with Gasteiger partial charge in [-0.05, 0) is 18.1 Å². The number of aryl methyl sites for hydroxylation is 1. The van der Waals surface area contributed by atoms with E-state index in [2.05, 4.69) is 5.16 Å². The van der Waals surface area contributed by atoms with Crippen molar-refractivity contribution in [1.82, 2.24) is 5.16 Å². The van der Waals surface area contributed by atoms with Crippen LogP contribution in [-0.2, 0) is 6.42 Å². The maximum atomic E-state index is 10.1. The van der Waals surface area contributed by atoms with E-state index >= 15 is 0 Å². The Hall–Kier alpha value is -2.17. The molecule has 5 heteroatoms. The Bertz CT molecular complexity index is 535. The summed E-state index contributed by atoms with van der Waals surface area (Å²) in [6.45, 7) is 1.99. The van der Waals surface area contributed by atoms with Crippen molar-refractivity contribution in [3.05, 3.63) is 23.8 Å². The lowest BCUT2D eigenvalue weighted by molar-refractivity contribution is 0.373. The number of nitrogens with zero attached hydrogens (tertiary/aromatic N) is 1. The summed E-state index contributed by atoms with van der Waals surface area (Å²) in [4.78, 5) is 0. The number of phenolic OH excluding ortho intramolecular Hbond substituents is 1. The molecule has 1 aromatic carbocycles. The van der Waals surface area contributed by atoms with Crippen molar-refractivity contribution in [2.24, 2.45) is 0 Å². The zero-order chi connectivity index (χ0) is 12.4. The lowest BCUT2D eigenvalue weighted by atomic mass is 10.0. The molecule has 0 aliphatic carbocycles. The van der Waals surface area contributed by atoms with E-state index in [4.69, 9.17) is 15.0 Å². The van der Waals surface area contributed by atoms with Crippen LogP contribution in [0.5, 0.6) is 11.5 Å². The number of phenols is 1. The van der Waals surface area contributed by atoms with Gasteiger partial charge in [0.1, 0.15) is 5.69 Å². The third kappa shape index (κ3) is 1.91. The number of methoxy groups -OCH3 is 1. The van der Waals surface area contributed by atoms with Crippen LogP contribution in [0, 0.1) is 0 Å². The summed E-state index contributed by atoms with van der Waals surface area (Å²) in [5, 5.41) is 13.9. The SMILES string of the molecule is CCc1ccc(OC)c(O)c1-c1cc(N)on1. The lowest BCUT2D eigenvalue weighted by Gasteiger charge is -2.10. The number of aromatic hydroxyl groups is 1. The standard InChI is InChI=1S/C12H14N2O3/c1-3-7-4-5-9(16-2)12(15)11(7)8-6-10(13)17-14-8/h4-6,15H,3,13H2,1-2H3. The Morgan fingerprint density at radius 2 is 2.24 bits per heavy atom. The molecule has 0 radical (unpaired) electrons. The number of nitrogens with two attached hydrogens (primary N) is 1. The van der Waals surface area contributed by atoms with Crippen LogP contribution in [0.4, 0.5) is 5.88 Å².